The lowest BCUT2D eigenvalue weighted by Crippen LogP contribution is -2.10. The molecule has 6 heteroatoms. The third-order valence-corrected chi connectivity index (χ3v) is 4.57. The number of carbonyl (C=O) groups excluding carboxylic acids is 1. The molecule has 2 rings (SSSR count). The summed E-state index contributed by atoms with van der Waals surface area (Å²) in [5.41, 5.74) is 12.9. The fourth-order valence-electron chi connectivity index (χ4n) is 1.60. The van der Waals surface area contributed by atoms with E-state index in [1.807, 2.05) is 6.07 Å². The van der Waals surface area contributed by atoms with Gasteiger partial charge in [-0.25, -0.2) is 0 Å². The van der Waals surface area contributed by atoms with Crippen molar-refractivity contribution in [2.45, 2.75) is 10.6 Å². The summed E-state index contributed by atoms with van der Waals surface area (Å²) in [5.74, 6) is 0.131. The molecular formula is C14H12Cl2N2OS. The normalized spacial score (nSPS) is 10.5. The predicted molar refractivity (Wildman–Crippen MR) is 85.4 cm³/mol. The Morgan fingerprint density at radius 1 is 1.10 bits per heavy atom. The number of benzene rings is 2. The number of rotatable bonds is 4. The fraction of sp³-hybridized carbons (Fsp3) is 0.0714. The number of halogens is 2. The van der Waals surface area contributed by atoms with Crippen molar-refractivity contribution in [2.75, 3.05) is 5.73 Å². The molecule has 104 valence electrons. The van der Waals surface area contributed by atoms with Crippen LogP contribution in [0.15, 0.2) is 41.3 Å². The van der Waals surface area contributed by atoms with Gasteiger partial charge >= 0.3 is 0 Å². The van der Waals surface area contributed by atoms with Crippen LogP contribution in [0.25, 0.3) is 0 Å². The molecule has 0 aliphatic heterocycles. The average molecular weight is 327 g/mol. The molecule has 0 bridgehead atoms. The zero-order chi connectivity index (χ0) is 14.7. The molecule has 0 aliphatic carbocycles. The van der Waals surface area contributed by atoms with Gasteiger partial charge in [0.2, 0.25) is 5.91 Å². The summed E-state index contributed by atoms with van der Waals surface area (Å²) < 4.78 is 0. The van der Waals surface area contributed by atoms with E-state index in [1.54, 1.807) is 30.3 Å². The van der Waals surface area contributed by atoms with Crippen LogP contribution in [0, 0.1) is 0 Å². The van der Waals surface area contributed by atoms with Gasteiger partial charge in [0.25, 0.3) is 0 Å². The summed E-state index contributed by atoms with van der Waals surface area (Å²) in [4.78, 5) is 11.9. The predicted octanol–water partition coefficient (Wildman–Crippen LogP) is 3.97. The van der Waals surface area contributed by atoms with Crippen LogP contribution >= 0.6 is 35.0 Å². The van der Waals surface area contributed by atoms with E-state index in [2.05, 4.69) is 0 Å². The minimum Gasteiger partial charge on any atom is -0.399 e. The van der Waals surface area contributed by atoms with Crippen molar-refractivity contribution in [3.8, 4) is 0 Å². The Kier molecular flexibility index (Phi) is 4.81. The van der Waals surface area contributed by atoms with Gasteiger partial charge in [-0.1, -0.05) is 29.3 Å². The number of nitrogen functional groups attached to an aromatic ring is 1. The van der Waals surface area contributed by atoms with Crippen LogP contribution in [0.2, 0.25) is 10.0 Å². The first-order chi connectivity index (χ1) is 9.47. The van der Waals surface area contributed by atoms with Crippen molar-refractivity contribution in [3.63, 3.8) is 0 Å². The van der Waals surface area contributed by atoms with Gasteiger partial charge in [-0.2, -0.15) is 0 Å². The highest BCUT2D eigenvalue weighted by atomic mass is 35.5. The minimum absolute atomic E-state index is 0.394. The van der Waals surface area contributed by atoms with E-state index >= 15 is 0 Å². The maximum atomic E-state index is 11.1. The number of anilines is 1. The highest BCUT2D eigenvalue weighted by Crippen LogP contribution is 2.33. The summed E-state index contributed by atoms with van der Waals surface area (Å²) in [6.07, 6.45) is 0. The molecule has 0 aromatic heterocycles. The zero-order valence-corrected chi connectivity index (χ0v) is 12.7. The molecule has 1 amide bonds. The van der Waals surface area contributed by atoms with Crippen LogP contribution in [-0.4, -0.2) is 5.91 Å². The van der Waals surface area contributed by atoms with Crippen LogP contribution < -0.4 is 11.5 Å². The van der Waals surface area contributed by atoms with Crippen LogP contribution in [-0.2, 0) is 5.75 Å². The molecule has 2 aromatic carbocycles. The topological polar surface area (TPSA) is 69.1 Å². The van der Waals surface area contributed by atoms with Crippen LogP contribution in [0.5, 0.6) is 0 Å². The standard InChI is InChI=1S/C14H12Cl2N2OS/c15-11-4-3-10(17)6-13(11)20-7-9-2-1-8(14(18)19)5-12(9)16/h1-6H,7,17H2,(H2,18,19). The molecule has 3 nitrogen and oxygen atoms in total. The molecule has 0 atom stereocenters. The molecule has 4 N–H and O–H groups in total. The molecule has 0 radical (unpaired) electrons. The number of nitrogens with two attached hydrogens (primary N) is 2. The monoisotopic (exact) mass is 326 g/mol. The number of hydrogen-bond acceptors (Lipinski definition) is 3. The van der Waals surface area contributed by atoms with E-state index < -0.39 is 5.91 Å². The Morgan fingerprint density at radius 2 is 1.85 bits per heavy atom. The van der Waals surface area contributed by atoms with E-state index in [9.17, 15) is 4.79 Å². The van der Waals surface area contributed by atoms with Crippen molar-refractivity contribution in [1.29, 1.82) is 0 Å². The largest absolute Gasteiger partial charge is 0.399 e. The smallest absolute Gasteiger partial charge is 0.248 e. The number of primary amides is 1. The number of thioether (sulfide) groups is 1. The van der Waals surface area contributed by atoms with Crippen LogP contribution in [0.3, 0.4) is 0 Å². The Morgan fingerprint density at radius 3 is 2.50 bits per heavy atom. The fourth-order valence-corrected chi connectivity index (χ4v) is 3.20. The zero-order valence-electron chi connectivity index (χ0n) is 10.4. The Bertz CT molecular complexity index is 662. The quantitative estimate of drug-likeness (QED) is 0.659. The van der Waals surface area contributed by atoms with E-state index in [0.29, 0.717) is 27.0 Å². The molecular weight excluding hydrogens is 315 g/mol. The van der Waals surface area contributed by atoms with Crippen LogP contribution in [0.4, 0.5) is 5.69 Å². The molecule has 0 saturated heterocycles. The molecule has 0 unspecified atom stereocenters. The number of amides is 1. The summed E-state index contributed by atoms with van der Waals surface area (Å²) >= 11 is 13.8. The lowest BCUT2D eigenvalue weighted by Gasteiger charge is -2.08. The highest BCUT2D eigenvalue weighted by molar-refractivity contribution is 7.98. The first-order valence-corrected chi connectivity index (χ1v) is 7.47. The summed E-state index contributed by atoms with van der Waals surface area (Å²) in [6.45, 7) is 0. The average Bonchev–Trinajstić information content (AvgIpc) is 2.40. The summed E-state index contributed by atoms with van der Waals surface area (Å²) in [5, 5.41) is 1.16. The SMILES string of the molecule is NC(=O)c1ccc(CSc2cc(N)ccc2Cl)c(Cl)c1. The molecule has 0 fully saturated rings. The first-order valence-electron chi connectivity index (χ1n) is 5.73. The van der Waals surface area contributed by atoms with Crippen molar-refractivity contribution in [2.24, 2.45) is 5.73 Å². The lowest BCUT2D eigenvalue weighted by molar-refractivity contribution is 0.100. The van der Waals surface area contributed by atoms with Gasteiger partial charge in [-0.3, -0.25) is 4.79 Å². The van der Waals surface area contributed by atoms with Gasteiger partial charge < -0.3 is 11.5 Å². The Hall–Kier alpha value is -1.36. The molecule has 0 aliphatic rings. The van der Waals surface area contributed by atoms with Crippen molar-refractivity contribution in [1.82, 2.24) is 0 Å². The summed E-state index contributed by atoms with van der Waals surface area (Å²) in [6, 6.07) is 10.3. The van der Waals surface area contributed by atoms with E-state index in [-0.39, 0.29) is 0 Å². The van der Waals surface area contributed by atoms with Gasteiger partial charge in [0, 0.05) is 26.9 Å². The second-order valence-corrected chi connectivity index (χ2v) is 5.98. The molecule has 0 heterocycles. The minimum atomic E-state index is -0.495. The third kappa shape index (κ3) is 3.60. The second-order valence-electron chi connectivity index (χ2n) is 4.15. The van der Waals surface area contributed by atoms with Crippen molar-refractivity contribution in [3.05, 3.63) is 57.6 Å². The molecule has 0 spiro atoms. The van der Waals surface area contributed by atoms with Crippen molar-refractivity contribution < 1.29 is 4.79 Å². The van der Waals surface area contributed by atoms with Gasteiger partial charge in [0.15, 0.2) is 0 Å². The molecule has 20 heavy (non-hydrogen) atoms. The van der Waals surface area contributed by atoms with E-state index in [0.717, 1.165) is 10.5 Å². The van der Waals surface area contributed by atoms with Crippen molar-refractivity contribution >= 4 is 46.6 Å². The first kappa shape index (κ1) is 15.0. The number of carbonyl (C=O) groups is 1. The van der Waals surface area contributed by atoms with E-state index in [4.69, 9.17) is 34.7 Å². The van der Waals surface area contributed by atoms with Gasteiger partial charge in [-0.15, -0.1) is 11.8 Å². The van der Waals surface area contributed by atoms with Gasteiger partial charge in [0.05, 0.1) is 5.02 Å². The van der Waals surface area contributed by atoms with Gasteiger partial charge in [0.1, 0.15) is 0 Å². The number of hydrogen-bond donors (Lipinski definition) is 2. The second kappa shape index (κ2) is 6.39. The Labute approximate surface area is 131 Å². The Balaban J connectivity index is 2.15. The molecule has 2 aromatic rings. The summed E-state index contributed by atoms with van der Waals surface area (Å²) in [7, 11) is 0. The third-order valence-electron chi connectivity index (χ3n) is 2.68. The maximum absolute atomic E-state index is 11.1. The lowest BCUT2D eigenvalue weighted by atomic mass is 10.1. The molecule has 0 saturated carbocycles. The maximum Gasteiger partial charge on any atom is 0.248 e. The van der Waals surface area contributed by atoms with Crippen LogP contribution in [0.1, 0.15) is 15.9 Å². The van der Waals surface area contributed by atoms with Gasteiger partial charge in [-0.05, 0) is 35.9 Å². The van der Waals surface area contributed by atoms with E-state index in [1.165, 1.54) is 11.8 Å². The highest BCUT2D eigenvalue weighted by Gasteiger charge is 2.08.